The normalized spacial score (nSPS) is 12.1. The Morgan fingerprint density at radius 2 is 2.22 bits per heavy atom. The Morgan fingerprint density at radius 1 is 1.56 bits per heavy atom. The van der Waals surface area contributed by atoms with E-state index in [0.717, 1.165) is 6.42 Å². The molecule has 18 heavy (non-hydrogen) atoms. The molecule has 0 spiro atoms. The van der Waals surface area contributed by atoms with Crippen LogP contribution >= 0.6 is 0 Å². The molecule has 0 aliphatic rings. The molecule has 6 N–H and O–H groups in total. The molecule has 7 nitrogen and oxygen atoms in total. The van der Waals surface area contributed by atoms with E-state index in [0.29, 0.717) is 17.9 Å². The number of anilines is 1. The fourth-order valence-corrected chi connectivity index (χ4v) is 1.53. The first kappa shape index (κ1) is 14.0. The number of aliphatic hydroxyl groups excluding tert-OH is 1. The lowest BCUT2D eigenvalue weighted by Gasteiger charge is -2.10. The van der Waals surface area contributed by atoms with E-state index in [1.807, 2.05) is 6.92 Å². The van der Waals surface area contributed by atoms with Gasteiger partial charge in [0.05, 0.1) is 12.2 Å². The highest BCUT2D eigenvalue weighted by atomic mass is 16.3. The molecule has 0 bridgehead atoms. The van der Waals surface area contributed by atoms with Crippen LogP contribution in [0.15, 0.2) is 12.3 Å². The van der Waals surface area contributed by atoms with Crippen LogP contribution < -0.4 is 16.8 Å². The fourth-order valence-electron chi connectivity index (χ4n) is 1.53. The van der Waals surface area contributed by atoms with Crippen molar-refractivity contribution in [1.82, 2.24) is 9.88 Å². The molecule has 0 radical (unpaired) electrons. The van der Waals surface area contributed by atoms with E-state index in [2.05, 4.69) is 5.32 Å². The number of nitrogens with one attached hydrogen (secondary N) is 1. The third-order valence-corrected chi connectivity index (χ3v) is 2.40. The van der Waals surface area contributed by atoms with Gasteiger partial charge in [-0.1, -0.05) is 6.92 Å². The van der Waals surface area contributed by atoms with Gasteiger partial charge in [-0.25, -0.2) is 0 Å². The van der Waals surface area contributed by atoms with Gasteiger partial charge in [0.25, 0.3) is 5.91 Å². The van der Waals surface area contributed by atoms with Crippen LogP contribution in [0.3, 0.4) is 0 Å². The van der Waals surface area contributed by atoms with E-state index >= 15 is 0 Å². The lowest BCUT2D eigenvalue weighted by molar-refractivity contribution is -0.125. The molecule has 1 unspecified atom stereocenters. The minimum Gasteiger partial charge on any atom is -0.397 e. The lowest BCUT2D eigenvalue weighted by Crippen LogP contribution is -2.40. The molecular weight excluding hydrogens is 236 g/mol. The second-order valence-electron chi connectivity index (χ2n) is 3.98. The van der Waals surface area contributed by atoms with E-state index in [1.54, 1.807) is 16.8 Å². The van der Waals surface area contributed by atoms with Crippen molar-refractivity contribution in [3.63, 3.8) is 0 Å². The van der Waals surface area contributed by atoms with Gasteiger partial charge in [0, 0.05) is 12.7 Å². The van der Waals surface area contributed by atoms with Gasteiger partial charge in [-0.15, -0.1) is 0 Å². The van der Waals surface area contributed by atoms with Crippen LogP contribution in [-0.2, 0) is 11.3 Å². The van der Waals surface area contributed by atoms with E-state index in [4.69, 9.17) is 11.5 Å². The van der Waals surface area contributed by atoms with Gasteiger partial charge in [-0.2, -0.15) is 0 Å². The number of hydrogen-bond donors (Lipinski definition) is 4. The van der Waals surface area contributed by atoms with Crippen LogP contribution in [0.25, 0.3) is 0 Å². The summed E-state index contributed by atoms with van der Waals surface area (Å²) in [5.41, 5.74) is 11.4. The number of aliphatic hydroxyl groups is 1. The van der Waals surface area contributed by atoms with Crippen molar-refractivity contribution < 1.29 is 14.7 Å². The van der Waals surface area contributed by atoms with E-state index < -0.39 is 17.9 Å². The number of nitrogens with zero attached hydrogens (tertiary/aromatic N) is 1. The van der Waals surface area contributed by atoms with Gasteiger partial charge in [0.15, 0.2) is 0 Å². The summed E-state index contributed by atoms with van der Waals surface area (Å²) in [7, 11) is 0. The van der Waals surface area contributed by atoms with Gasteiger partial charge in [0.1, 0.15) is 11.8 Å². The second kappa shape index (κ2) is 6.06. The molecule has 0 aliphatic heterocycles. The molecular formula is C11H18N4O3. The number of carbonyl (C=O) groups is 2. The topological polar surface area (TPSA) is 123 Å². The molecule has 1 rings (SSSR count). The van der Waals surface area contributed by atoms with Crippen LogP contribution in [0, 0.1) is 0 Å². The highest BCUT2D eigenvalue weighted by Gasteiger charge is 2.16. The van der Waals surface area contributed by atoms with Crippen LogP contribution in [-0.4, -0.2) is 34.1 Å². The predicted molar refractivity (Wildman–Crippen MR) is 66.7 cm³/mol. The quantitative estimate of drug-likeness (QED) is 0.523. The Balaban J connectivity index is 2.69. The van der Waals surface area contributed by atoms with Crippen LogP contribution in [0.2, 0.25) is 0 Å². The van der Waals surface area contributed by atoms with E-state index in [-0.39, 0.29) is 6.54 Å². The summed E-state index contributed by atoms with van der Waals surface area (Å²) in [6.07, 6.45) is 1.14. The SMILES string of the molecule is CCCn1cc(N)cc1C(=O)NCC(O)C(N)=O. The highest BCUT2D eigenvalue weighted by molar-refractivity contribution is 5.94. The number of amides is 2. The summed E-state index contributed by atoms with van der Waals surface area (Å²) >= 11 is 0. The van der Waals surface area contributed by atoms with Crippen LogP contribution in [0.4, 0.5) is 5.69 Å². The van der Waals surface area contributed by atoms with Gasteiger partial charge in [0.2, 0.25) is 5.91 Å². The summed E-state index contributed by atoms with van der Waals surface area (Å²) < 4.78 is 1.72. The molecule has 1 heterocycles. The zero-order chi connectivity index (χ0) is 13.7. The van der Waals surface area contributed by atoms with Crippen LogP contribution in [0.1, 0.15) is 23.8 Å². The Hall–Kier alpha value is -2.02. The first-order valence-electron chi connectivity index (χ1n) is 5.67. The molecule has 1 aromatic rings. The molecule has 0 aliphatic carbocycles. The summed E-state index contributed by atoms with van der Waals surface area (Å²) in [6.45, 7) is 2.43. The Morgan fingerprint density at radius 3 is 2.78 bits per heavy atom. The number of carbonyl (C=O) groups excluding carboxylic acids is 2. The standard InChI is InChI=1S/C11H18N4O3/c1-2-3-15-6-7(12)4-8(15)11(18)14-5-9(16)10(13)17/h4,6,9,16H,2-3,5,12H2,1H3,(H2,13,17)(H,14,18). The van der Waals surface area contributed by atoms with E-state index in [1.165, 1.54) is 0 Å². The van der Waals surface area contributed by atoms with Crippen molar-refractivity contribution in [2.45, 2.75) is 26.0 Å². The predicted octanol–water partition coefficient (Wildman–Crippen LogP) is -0.944. The molecule has 1 aromatic heterocycles. The molecule has 0 fully saturated rings. The maximum absolute atomic E-state index is 11.8. The summed E-state index contributed by atoms with van der Waals surface area (Å²) in [4.78, 5) is 22.4. The maximum Gasteiger partial charge on any atom is 0.268 e. The number of hydrogen-bond acceptors (Lipinski definition) is 4. The van der Waals surface area contributed by atoms with E-state index in [9.17, 15) is 14.7 Å². The number of aromatic nitrogens is 1. The second-order valence-corrected chi connectivity index (χ2v) is 3.98. The number of rotatable bonds is 6. The Bertz CT molecular complexity index is 441. The molecule has 1 atom stereocenters. The van der Waals surface area contributed by atoms with Gasteiger partial charge in [-0.3, -0.25) is 9.59 Å². The van der Waals surface area contributed by atoms with Crippen LogP contribution in [0.5, 0.6) is 0 Å². The summed E-state index contributed by atoms with van der Waals surface area (Å²) in [6, 6.07) is 1.54. The average molecular weight is 254 g/mol. The number of primary amides is 1. The van der Waals surface area contributed by atoms with Gasteiger partial charge >= 0.3 is 0 Å². The third kappa shape index (κ3) is 3.49. The zero-order valence-electron chi connectivity index (χ0n) is 10.2. The Kier molecular flexibility index (Phi) is 4.73. The smallest absolute Gasteiger partial charge is 0.268 e. The van der Waals surface area contributed by atoms with Gasteiger partial charge < -0.3 is 26.5 Å². The lowest BCUT2D eigenvalue weighted by atomic mass is 10.3. The zero-order valence-corrected chi connectivity index (χ0v) is 10.2. The number of aryl methyl sites for hydroxylation is 1. The third-order valence-electron chi connectivity index (χ3n) is 2.40. The van der Waals surface area contributed by atoms with Crippen molar-refractivity contribution in [3.8, 4) is 0 Å². The van der Waals surface area contributed by atoms with Gasteiger partial charge in [-0.05, 0) is 12.5 Å². The molecule has 2 amide bonds. The van der Waals surface area contributed by atoms with Crippen molar-refractivity contribution in [2.75, 3.05) is 12.3 Å². The first-order valence-corrected chi connectivity index (χ1v) is 5.67. The number of nitrogens with two attached hydrogens (primary N) is 2. The summed E-state index contributed by atoms with van der Waals surface area (Å²) in [5.74, 6) is -1.28. The van der Waals surface area contributed by atoms with Crippen molar-refractivity contribution in [1.29, 1.82) is 0 Å². The van der Waals surface area contributed by atoms with Crippen molar-refractivity contribution in [3.05, 3.63) is 18.0 Å². The number of nitrogen functional groups attached to an aromatic ring is 1. The maximum atomic E-state index is 11.8. The van der Waals surface area contributed by atoms with Crippen molar-refractivity contribution >= 4 is 17.5 Å². The monoisotopic (exact) mass is 254 g/mol. The summed E-state index contributed by atoms with van der Waals surface area (Å²) in [5, 5.41) is 11.6. The minimum absolute atomic E-state index is 0.217. The molecule has 0 saturated heterocycles. The average Bonchev–Trinajstić information content (AvgIpc) is 2.67. The molecule has 7 heteroatoms. The molecule has 0 aromatic carbocycles. The fraction of sp³-hybridized carbons (Fsp3) is 0.455. The minimum atomic E-state index is -1.39. The Labute approximate surface area is 105 Å². The largest absolute Gasteiger partial charge is 0.397 e. The first-order chi connectivity index (χ1) is 8.45. The highest BCUT2D eigenvalue weighted by Crippen LogP contribution is 2.11. The molecule has 100 valence electrons. The van der Waals surface area contributed by atoms with Crippen molar-refractivity contribution in [2.24, 2.45) is 5.73 Å². The molecule has 0 saturated carbocycles.